The van der Waals surface area contributed by atoms with Crippen LogP contribution in [0.4, 0.5) is 0 Å². The summed E-state index contributed by atoms with van der Waals surface area (Å²) in [7, 11) is 0. The van der Waals surface area contributed by atoms with Crippen molar-refractivity contribution in [2.45, 2.75) is 95.2 Å². The van der Waals surface area contributed by atoms with Crippen LogP contribution in [0, 0.1) is 5.92 Å². The van der Waals surface area contributed by atoms with Crippen molar-refractivity contribution in [2.24, 2.45) is 17.4 Å². The van der Waals surface area contributed by atoms with E-state index in [1.165, 1.54) is 18.7 Å². The van der Waals surface area contributed by atoms with E-state index >= 15 is 0 Å². The Balaban J connectivity index is 3.15. The number of carboxylic acid groups (broad SMARTS) is 1. The molecule has 5 amide bonds. The van der Waals surface area contributed by atoms with Crippen LogP contribution < -0.4 is 38.1 Å². The number of aliphatic carboxylic acids is 1. The lowest BCUT2D eigenvalue weighted by Crippen LogP contribution is -2.61. The van der Waals surface area contributed by atoms with E-state index in [0.717, 1.165) is 0 Å². The molecule has 7 atom stereocenters. The second-order valence-corrected chi connectivity index (χ2v) is 13.4. The first kappa shape index (κ1) is 43.6. The smallest absolute Gasteiger partial charge is 0.326 e. The van der Waals surface area contributed by atoms with Gasteiger partial charge in [0, 0.05) is 12.2 Å². The van der Waals surface area contributed by atoms with Crippen LogP contribution in [0.25, 0.3) is 0 Å². The summed E-state index contributed by atoms with van der Waals surface area (Å²) in [5.41, 5.74) is 12.0. The molecule has 1 aromatic carbocycles. The number of unbranched alkanes of at least 4 members (excludes halogenated alkanes) is 1. The van der Waals surface area contributed by atoms with Gasteiger partial charge in [0.2, 0.25) is 29.5 Å². The lowest BCUT2D eigenvalue weighted by molar-refractivity contribution is -0.142. The van der Waals surface area contributed by atoms with Gasteiger partial charge in [-0.25, -0.2) is 4.79 Å². The molecule has 17 heteroatoms. The molecule has 0 aliphatic heterocycles. The maximum Gasteiger partial charge on any atom is 0.326 e. The van der Waals surface area contributed by atoms with Crippen LogP contribution in [0.1, 0.15) is 52.0 Å². The summed E-state index contributed by atoms with van der Waals surface area (Å²) in [6.45, 7) is 5.07. The standard InChI is InChI=1S/C32H53N7O8S2/c1-18(2)26(31(45)37-23(16-20-10-6-5-7-11-20)28(42)36-22(32(46)47)13-15-49-4)39-29(43)24(17-48)38-27(41)21(12-8-9-14-33)35-30(44)25(34)19(3)40/h5-7,10-11,18-19,21-26,40,48H,8-9,12-17,33-34H2,1-4H3,(H,35,44)(H,36,42)(H,37,45)(H,38,41)(H,39,43)(H,46,47)/t19-,21+,22+,23+,24+,25+,26+/m1/s1. The molecular formula is C32H53N7O8S2. The van der Waals surface area contributed by atoms with E-state index in [2.05, 4.69) is 39.2 Å². The van der Waals surface area contributed by atoms with E-state index in [-0.39, 0.29) is 25.0 Å². The van der Waals surface area contributed by atoms with Gasteiger partial charge in [0.15, 0.2) is 0 Å². The molecule has 0 saturated heterocycles. The lowest BCUT2D eigenvalue weighted by Gasteiger charge is -2.28. The maximum atomic E-state index is 13.6. The molecular weight excluding hydrogens is 675 g/mol. The molecule has 0 fully saturated rings. The summed E-state index contributed by atoms with van der Waals surface area (Å²) in [4.78, 5) is 78.0. The molecule has 1 aromatic rings. The number of carbonyl (C=O) groups excluding carboxylic acids is 5. The van der Waals surface area contributed by atoms with Gasteiger partial charge in [0.25, 0.3) is 0 Å². The number of amides is 5. The molecule has 276 valence electrons. The number of rotatable bonds is 23. The van der Waals surface area contributed by atoms with Gasteiger partial charge in [0.1, 0.15) is 36.3 Å². The van der Waals surface area contributed by atoms with Gasteiger partial charge >= 0.3 is 5.97 Å². The van der Waals surface area contributed by atoms with Crippen LogP contribution in [0.5, 0.6) is 0 Å². The van der Waals surface area contributed by atoms with E-state index in [9.17, 15) is 39.0 Å². The quantitative estimate of drug-likeness (QED) is 0.0479. The van der Waals surface area contributed by atoms with Gasteiger partial charge in [-0.05, 0) is 62.6 Å². The van der Waals surface area contributed by atoms with Gasteiger partial charge in [-0.1, -0.05) is 44.2 Å². The highest BCUT2D eigenvalue weighted by molar-refractivity contribution is 7.98. The van der Waals surface area contributed by atoms with E-state index < -0.39 is 83.8 Å². The number of thioether (sulfide) groups is 1. The largest absolute Gasteiger partial charge is 0.480 e. The monoisotopic (exact) mass is 727 g/mol. The summed E-state index contributed by atoms with van der Waals surface area (Å²) in [5.74, 6) is -4.92. The predicted molar refractivity (Wildman–Crippen MR) is 192 cm³/mol. The van der Waals surface area contributed by atoms with Crippen molar-refractivity contribution in [3.05, 3.63) is 35.9 Å². The average molecular weight is 728 g/mol. The number of nitrogens with one attached hydrogen (secondary N) is 5. The van der Waals surface area contributed by atoms with Gasteiger partial charge in [-0.2, -0.15) is 24.4 Å². The highest BCUT2D eigenvalue weighted by atomic mass is 32.2. The molecule has 0 spiro atoms. The number of carbonyl (C=O) groups is 6. The molecule has 0 saturated carbocycles. The number of benzene rings is 1. The topological polar surface area (TPSA) is 255 Å². The van der Waals surface area contributed by atoms with Crippen molar-refractivity contribution in [2.75, 3.05) is 24.3 Å². The molecule has 0 aliphatic carbocycles. The van der Waals surface area contributed by atoms with Crippen LogP contribution in [-0.4, -0.2) is 112 Å². The Kier molecular flexibility index (Phi) is 20.6. The second kappa shape index (κ2) is 23.1. The van der Waals surface area contributed by atoms with Crippen molar-refractivity contribution in [3.8, 4) is 0 Å². The molecule has 0 bridgehead atoms. The third-order valence-electron chi connectivity index (χ3n) is 7.61. The van der Waals surface area contributed by atoms with Crippen LogP contribution in [0.15, 0.2) is 30.3 Å². The highest BCUT2D eigenvalue weighted by Crippen LogP contribution is 2.10. The Bertz CT molecular complexity index is 1230. The van der Waals surface area contributed by atoms with Gasteiger partial charge in [-0.15, -0.1) is 0 Å². The van der Waals surface area contributed by atoms with Crippen molar-refractivity contribution in [1.82, 2.24) is 26.6 Å². The van der Waals surface area contributed by atoms with Gasteiger partial charge in [0.05, 0.1) is 6.10 Å². The number of nitrogens with two attached hydrogens (primary N) is 2. The van der Waals surface area contributed by atoms with Crippen LogP contribution in [-0.2, 0) is 35.2 Å². The normalized spacial score (nSPS) is 15.4. The summed E-state index contributed by atoms with van der Waals surface area (Å²) >= 11 is 5.65. The minimum Gasteiger partial charge on any atom is -0.480 e. The number of hydrogen-bond acceptors (Lipinski definition) is 11. The fourth-order valence-electron chi connectivity index (χ4n) is 4.59. The Morgan fingerprint density at radius 2 is 1.33 bits per heavy atom. The molecule has 0 heterocycles. The summed E-state index contributed by atoms with van der Waals surface area (Å²) in [6.07, 6.45) is 2.12. The van der Waals surface area contributed by atoms with Gasteiger partial charge in [-0.3, -0.25) is 24.0 Å². The minimum atomic E-state index is -1.28. The number of thiol groups is 1. The predicted octanol–water partition coefficient (Wildman–Crippen LogP) is -1.09. The van der Waals surface area contributed by atoms with Crippen molar-refractivity contribution in [3.63, 3.8) is 0 Å². The van der Waals surface area contributed by atoms with E-state index in [1.54, 1.807) is 44.2 Å². The second-order valence-electron chi connectivity index (χ2n) is 12.0. The zero-order chi connectivity index (χ0) is 37.1. The average Bonchev–Trinajstić information content (AvgIpc) is 3.06. The summed E-state index contributed by atoms with van der Waals surface area (Å²) < 4.78 is 0. The highest BCUT2D eigenvalue weighted by Gasteiger charge is 2.34. The SMILES string of the molecule is CSCC[C@H](NC(=O)[C@H](Cc1ccccc1)NC(=O)[C@@H](NC(=O)[C@H](CS)NC(=O)[C@H](CCCCN)NC(=O)[C@@H](N)[C@@H](C)O)C(C)C)C(=O)O. The summed E-state index contributed by atoms with van der Waals surface area (Å²) in [5, 5.41) is 32.2. The fraction of sp³-hybridized carbons (Fsp3) is 0.625. The van der Waals surface area contributed by atoms with E-state index in [4.69, 9.17) is 11.5 Å². The van der Waals surface area contributed by atoms with Crippen molar-refractivity contribution < 1.29 is 39.0 Å². The first-order valence-electron chi connectivity index (χ1n) is 16.2. The Labute approximate surface area is 297 Å². The number of carboxylic acids is 1. The van der Waals surface area contributed by atoms with E-state index in [1.807, 2.05) is 6.26 Å². The maximum absolute atomic E-state index is 13.6. The number of hydrogen-bond donors (Lipinski definition) is 10. The molecule has 11 N–H and O–H groups in total. The molecule has 0 aliphatic rings. The zero-order valence-electron chi connectivity index (χ0n) is 28.5. The lowest BCUT2D eigenvalue weighted by atomic mass is 10.00. The molecule has 0 aromatic heterocycles. The Morgan fingerprint density at radius 3 is 1.86 bits per heavy atom. The first-order valence-corrected chi connectivity index (χ1v) is 18.2. The third-order valence-corrected chi connectivity index (χ3v) is 8.61. The molecule has 15 nitrogen and oxygen atoms in total. The van der Waals surface area contributed by atoms with Crippen molar-refractivity contribution >= 4 is 59.9 Å². The molecule has 1 rings (SSSR count). The molecule has 0 radical (unpaired) electrons. The Hall–Kier alpha value is -3.38. The fourth-order valence-corrected chi connectivity index (χ4v) is 5.32. The van der Waals surface area contributed by atoms with Crippen LogP contribution in [0.3, 0.4) is 0 Å². The Morgan fingerprint density at radius 1 is 0.776 bits per heavy atom. The van der Waals surface area contributed by atoms with E-state index in [0.29, 0.717) is 30.7 Å². The van der Waals surface area contributed by atoms with Crippen molar-refractivity contribution in [1.29, 1.82) is 0 Å². The van der Waals surface area contributed by atoms with Crippen LogP contribution in [0.2, 0.25) is 0 Å². The van der Waals surface area contributed by atoms with Gasteiger partial charge < -0.3 is 48.3 Å². The third kappa shape index (κ3) is 15.8. The number of aliphatic hydroxyl groups excluding tert-OH is 1. The first-order chi connectivity index (χ1) is 23.2. The zero-order valence-corrected chi connectivity index (χ0v) is 30.2. The molecule has 0 unspecified atom stereocenters. The minimum absolute atomic E-state index is 0.0529. The molecule has 49 heavy (non-hydrogen) atoms. The van der Waals surface area contributed by atoms with Crippen LogP contribution >= 0.6 is 24.4 Å². The number of aliphatic hydroxyl groups is 1. The summed E-state index contributed by atoms with van der Waals surface area (Å²) in [6, 6.07) is 1.77.